The third kappa shape index (κ3) is 3.07. The summed E-state index contributed by atoms with van der Waals surface area (Å²) in [4.78, 5) is 24.1. The van der Waals surface area contributed by atoms with E-state index >= 15 is 0 Å². The molecule has 118 valence electrons. The number of fused-ring (bicyclic) bond motifs is 1. The summed E-state index contributed by atoms with van der Waals surface area (Å²) in [5, 5.41) is 2.70. The van der Waals surface area contributed by atoms with Crippen LogP contribution in [0, 0.1) is 10.6 Å². The number of rotatable bonds is 3. The van der Waals surface area contributed by atoms with Crippen molar-refractivity contribution < 1.29 is 9.18 Å². The van der Waals surface area contributed by atoms with Crippen LogP contribution in [-0.4, -0.2) is 35.0 Å². The monoisotopic (exact) mass is 331 g/mol. The zero-order chi connectivity index (χ0) is 16.6. The number of nitrogens with zero attached hydrogens (tertiary/aromatic N) is 2. The van der Waals surface area contributed by atoms with E-state index in [1.165, 1.54) is 12.1 Å². The Bertz CT molecular complexity index is 929. The van der Waals surface area contributed by atoms with Crippen molar-refractivity contribution in [3.8, 4) is 0 Å². The van der Waals surface area contributed by atoms with E-state index in [2.05, 4.69) is 20.3 Å². The Morgan fingerprint density at radius 3 is 2.74 bits per heavy atom. The van der Waals surface area contributed by atoms with Crippen LogP contribution >= 0.6 is 12.2 Å². The molecule has 3 aromatic rings. The molecule has 0 atom stereocenters. The standard InChI is InChI=1S/C15H14FN5OS/c1-21(2)12-4-3-9(7-17-12)18-14(22)10-5-8(16)6-11-13(10)20-15(23)19-11/h3-7H,1-2H3,(H,18,22)(H2,19,20,23). The Labute approximate surface area is 136 Å². The number of H-pyrrole nitrogens is 2. The molecule has 3 rings (SSSR count). The fourth-order valence-electron chi connectivity index (χ4n) is 2.21. The summed E-state index contributed by atoms with van der Waals surface area (Å²) >= 11 is 4.99. The Hall–Kier alpha value is -2.74. The van der Waals surface area contributed by atoms with Gasteiger partial charge < -0.3 is 20.2 Å². The predicted molar refractivity (Wildman–Crippen MR) is 90.0 cm³/mol. The van der Waals surface area contributed by atoms with E-state index in [1.807, 2.05) is 19.0 Å². The van der Waals surface area contributed by atoms with Gasteiger partial charge in [0.25, 0.3) is 5.91 Å². The molecule has 2 heterocycles. The number of carbonyl (C=O) groups excluding carboxylic acids is 1. The molecule has 0 unspecified atom stereocenters. The first-order chi connectivity index (χ1) is 10.9. The van der Waals surface area contributed by atoms with Crippen molar-refractivity contribution in [2.75, 3.05) is 24.3 Å². The van der Waals surface area contributed by atoms with Crippen molar-refractivity contribution in [3.05, 3.63) is 46.6 Å². The molecule has 0 aliphatic rings. The fourth-order valence-corrected chi connectivity index (χ4v) is 2.42. The Morgan fingerprint density at radius 1 is 1.30 bits per heavy atom. The van der Waals surface area contributed by atoms with Crippen LogP contribution in [0.2, 0.25) is 0 Å². The predicted octanol–water partition coefficient (Wildman–Crippen LogP) is 3.08. The van der Waals surface area contributed by atoms with Crippen LogP contribution < -0.4 is 10.2 Å². The lowest BCUT2D eigenvalue weighted by Crippen LogP contribution is -2.14. The van der Waals surface area contributed by atoms with Crippen LogP contribution in [0.1, 0.15) is 10.4 Å². The van der Waals surface area contributed by atoms with E-state index in [0.717, 1.165) is 5.82 Å². The minimum absolute atomic E-state index is 0.170. The van der Waals surface area contributed by atoms with Crippen LogP contribution in [0.3, 0.4) is 0 Å². The number of aromatic nitrogens is 3. The summed E-state index contributed by atoms with van der Waals surface area (Å²) in [6.45, 7) is 0. The summed E-state index contributed by atoms with van der Waals surface area (Å²) in [5.74, 6) is -0.195. The zero-order valence-electron chi connectivity index (χ0n) is 12.5. The number of benzene rings is 1. The number of imidazole rings is 1. The Morgan fingerprint density at radius 2 is 2.09 bits per heavy atom. The largest absolute Gasteiger partial charge is 0.363 e. The third-order valence-corrected chi connectivity index (χ3v) is 3.50. The minimum Gasteiger partial charge on any atom is -0.363 e. The molecule has 2 aromatic heterocycles. The molecular weight excluding hydrogens is 317 g/mol. The molecule has 0 spiro atoms. The molecule has 0 saturated heterocycles. The van der Waals surface area contributed by atoms with Gasteiger partial charge in [0.05, 0.1) is 28.5 Å². The summed E-state index contributed by atoms with van der Waals surface area (Å²) in [6, 6.07) is 5.96. The van der Waals surface area contributed by atoms with E-state index in [9.17, 15) is 9.18 Å². The highest BCUT2D eigenvalue weighted by molar-refractivity contribution is 7.71. The van der Waals surface area contributed by atoms with Gasteiger partial charge in [-0.2, -0.15) is 0 Å². The summed E-state index contributed by atoms with van der Waals surface area (Å²) in [6.07, 6.45) is 1.54. The normalized spacial score (nSPS) is 10.7. The van der Waals surface area contributed by atoms with Crippen molar-refractivity contribution in [2.45, 2.75) is 0 Å². The molecular formula is C15H14FN5OS. The van der Waals surface area contributed by atoms with Gasteiger partial charge in [-0.1, -0.05) is 0 Å². The van der Waals surface area contributed by atoms with Crippen LogP contribution in [0.15, 0.2) is 30.5 Å². The summed E-state index contributed by atoms with van der Waals surface area (Å²) in [5.41, 5.74) is 1.60. The lowest BCUT2D eigenvalue weighted by molar-refractivity contribution is 0.102. The third-order valence-electron chi connectivity index (χ3n) is 3.30. The molecule has 1 aromatic carbocycles. The van der Waals surface area contributed by atoms with Gasteiger partial charge in [-0.25, -0.2) is 9.37 Å². The molecule has 8 heteroatoms. The van der Waals surface area contributed by atoms with Crippen LogP contribution in [0.5, 0.6) is 0 Å². The van der Waals surface area contributed by atoms with Crippen LogP contribution in [-0.2, 0) is 0 Å². The second-order valence-corrected chi connectivity index (χ2v) is 5.62. The van der Waals surface area contributed by atoms with Crippen molar-refractivity contribution in [3.63, 3.8) is 0 Å². The second-order valence-electron chi connectivity index (χ2n) is 5.21. The number of carbonyl (C=O) groups is 1. The number of hydrogen-bond donors (Lipinski definition) is 3. The highest BCUT2D eigenvalue weighted by atomic mass is 32.1. The molecule has 0 aliphatic carbocycles. The Balaban J connectivity index is 1.93. The lowest BCUT2D eigenvalue weighted by Gasteiger charge is -2.12. The van der Waals surface area contributed by atoms with Crippen molar-refractivity contribution in [1.29, 1.82) is 0 Å². The summed E-state index contributed by atoms with van der Waals surface area (Å²) in [7, 11) is 3.75. The number of amides is 1. The molecule has 0 aliphatic heterocycles. The van der Waals surface area contributed by atoms with Gasteiger partial charge in [0.2, 0.25) is 0 Å². The maximum absolute atomic E-state index is 13.7. The number of hydrogen-bond acceptors (Lipinski definition) is 4. The van der Waals surface area contributed by atoms with E-state index < -0.39 is 11.7 Å². The van der Waals surface area contributed by atoms with E-state index in [4.69, 9.17) is 12.2 Å². The SMILES string of the molecule is CN(C)c1ccc(NC(=O)c2cc(F)cc3[nH]c(=S)[nH]c23)cn1. The first-order valence-corrected chi connectivity index (χ1v) is 7.21. The highest BCUT2D eigenvalue weighted by Crippen LogP contribution is 2.20. The second kappa shape index (κ2) is 5.81. The molecule has 3 N–H and O–H groups in total. The van der Waals surface area contributed by atoms with Crippen molar-refractivity contribution >= 4 is 40.7 Å². The molecule has 6 nitrogen and oxygen atoms in total. The van der Waals surface area contributed by atoms with Crippen LogP contribution in [0.4, 0.5) is 15.9 Å². The van der Waals surface area contributed by atoms with Gasteiger partial charge in [0, 0.05) is 14.1 Å². The number of pyridine rings is 1. The number of aromatic amines is 2. The first kappa shape index (κ1) is 15.2. The zero-order valence-corrected chi connectivity index (χ0v) is 13.3. The molecule has 0 radical (unpaired) electrons. The Kier molecular flexibility index (Phi) is 3.83. The maximum atomic E-state index is 13.7. The molecule has 0 fully saturated rings. The summed E-state index contributed by atoms with van der Waals surface area (Å²) < 4.78 is 14.0. The van der Waals surface area contributed by atoms with Gasteiger partial charge in [-0.05, 0) is 36.5 Å². The quantitative estimate of drug-likeness (QED) is 0.645. The van der Waals surface area contributed by atoms with Gasteiger partial charge in [-0.15, -0.1) is 0 Å². The maximum Gasteiger partial charge on any atom is 0.258 e. The van der Waals surface area contributed by atoms with Crippen molar-refractivity contribution in [1.82, 2.24) is 15.0 Å². The van der Waals surface area contributed by atoms with Crippen LogP contribution in [0.25, 0.3) is 11.0 Å². The van der Waals surface area contributed by atoms with E-state index in [0.29, 0.717) is 21.5 Å². The van der Waals surface area contributed by atoms with Gasteiger partial charge in [-0.3, -0.25) is 4.79 Å². The van der Waals surface area contributed by atoms with E-state index in [1.54, 1.807) is 18.3 Å². The molecule has 0 bridgehead atoms. The topological polar surface area (TPSA) is 76.8 Å². The number of nitrogens with one attached hydrogen (secondary N) is 3. The van der Waals surface area contributed by atoms with Gasteiger partial charge in [0.15, 0.2) is 4.77 Å². The minimum atomic E-state index is -0.519. The van der Waals surface area contributed by atoms with Gasteiger partial charge in [0.1, 0.15) is 11.6 Å². The fraction of sp³-hybridized carbons (Fsp3) is 0.133. The van der Waals surface area contributed by atoms with Crippen molar-refractivity contribution in [2.24, 2.45) is 0 Å². The average Bonchev–Trinajstić information content (AvgIpc) is 2.86. The lowest BCUT2D eigenvalue weighted by atomic mass is 10.1. The molecule has 0 saturated carbocycles. The smallest absolute Gasteiger partial charge is 0.258 e. The molecule has 1 amide bonds. The number of anilines is 2. The highest BCUT2D eigenvalue weighted by Gasteiger charge is 2.14. The van der Waals surface area contributed by atoms with Gasteiger partial charge >= 0.3 is 0 Å². The molecule has 23 heavy (non-hydrogen) atoms. The first-order valence-electron chi connectivity index (χ1n) is 6.80. The average molecular weight is 331 g/mol. The van der Waals surface area contributed by atoms with E-state index in [-0.39, 0.29) is 5.56 Å². The number of halogens is 1.